The maximum absolute atomic E-state index is 13.4. The van der Waals surface area contributed by atoms with Crippen molar-refractivity contribution in [2.75, 3.05) is 7.11 Å². The summed E-state index contributed by atoms with van der Waals surface area (Å²) in [6, 6.07) is 9.33. The van der Waals surface area contributed by atoms with Gasteiger partial charge in [0.1, 0.15) is 6.10 Å². The molecule has 5 rings (SSSR count). The van der Waals surface area contributed by atoms with Gasteiger partial charge < -0.3 is 9.47 Å². The molecule has 0 amide bonds. The Kier molecular flexibility index (Phi) is 7.10. The van der Waals surface area contributed by atoms with E-state index in [0.717, 1.165) is 44.9 Å². The standard InChI is InChI=1S/C32H42O5/c1-20(10-15-29(34)36-4)25-13-14-26-24-12-11-22-18-23(33)16-17-31(22,2)27(24)19-28(32(25,26)3)37-30(35)21-8-6-5-7-9-21/h5-9,18,20,24-28H,10-17,19H2,1-4H3/t20-,24?,25-,26?,27?,28+,31+,32-/m1/s1. The fourth-order valence-electron chi connectivity index (χ4n) is 9.05. The van der Waals surface area contributed by atoms with Gasteiger partial charge in [-0.25, -0.2) is 4.79 Å². The highest BCUT2D eigenvalue weighted by molar-refractivity contribution is 5.91. The van der Waals surface area contributed by atoms with E-state index in [-0.39, 0.29) is 34.7 Å². The van der Waals surface area contributed by atoms with Crippen LogP contribution in [0.25, 0.3) is 0 Å². The first kappa shape index (κ1) is 26.2. The zero-order chi connectivity index (χ0) is 26.4. The van der Waals surface area contributed by atoms with Crippen LogP contribution in [0.4, 0.5) is 0 Å². The number of rotatable bonds is 6. The Morgan fingerprint density at radius 3 is 2.54 bits per heavy atom. The van der Waals surface area contributed by atoms with E-state index < -0.39 is 0 Å². The van der Waals surface area contributed by atoms with Crippen molar-refractivity contribution in [3.05, 3.63) is 47.5 Å². The Labute approximate surface area is 221 Å². The van der Waals surface area contributed by atoms with Gasteiger partial charge in [0.05, 0.1) is 12.7 Å². The van der Waals surface area contributed by atoms with E-state index in [9.17, 15) is 14.4 Å². The van der Waals surface area contributed by atoms with Crippen molar-refractivity contribution in [2.24, 2.45) is 40.4 Å². The van der Waals surface area contributed by atoms with Crippen LogP contribution in [0.1, 0.15) is 88.9 Å². The number of carbonyl (C=O) groups excluding carboxylic acids is 3. The molecule has 5 heteroatoms. The zero-order valence-corrected chi connectivity index (χ0v) is 22.8. The molecule has 1 aromatic carbocycles. The Balaban J connectivity index is 1.48. The summed E-state index contributed by atoms with van der Waals surface area (Å²) >= 11 is 0. The van der Waals surface area contributed by atoms with E-state index in [0.29, 0.717) is 48.0 Å². The Morgan fingerprint density at radius 2 is 1.81 bits per heavy atom. The number of ketones is 1. The molecule has 8 atom stereocenters. The normalized spacial score (nSPS) is 37.5. The lowest BCUT2D eigenvalue weighted by atomic mass is 9.45. The van der Waals surface area contributed by atoms with Crippen LogP contribution < -0.4 is 0 Å². The van der Waals surface area contributed by atoms with Crippen LogP contribution in [0.5, 0.6) is 0 Å². The van der Waals surface area contributed by atoms with Crippen LogP contribution in [0.2, 0.25) is 0 Å². The topological polar surface area (TPSA) is 69.7 Å². The van der Waals surface area contributed by atoms with Crippen LogP contribution in [0, 0.1) is 40.4 Å². The van der Waals surface area contributed by atoms with Crippen LogP contribution in [-0.2, 0) is 19.1 Å². The van der Waals surface area contributed by atoms with Gasteiger partial charge in [-0.15, -0.1) is 0 Å². The summed E-state index contributed by atoms with van der Waals surface area (Å²) in [4.78, 5) is 37.6. The van der Waals surface area contributed by atoms with Gasteiger partial charge in [0, 0.05) is 18.3 Å². The second-order valence-corrected chi connectivity index (χ2v) is 12.6. The quantitative estimate of drug-likeness (QED) is 0.409. The minimum absolute atomic E-state index is 0.00411. The first-order chi connectivity index (χ1) is 17.7. The molecule has 0 aromatic heterocycles. The van der Waals surface area contributed by atoms with E-state index in [1.54, 1.807) is 0 Å². The molecular weight excluding hydrogens is 464 g/mol. The molecule has 3 fully saturated rings. The lowest BCUT2D eigenvalue weighted by molar-refractivity contribution is -0.146. The minimum Gasteiger partial charge on any atom is -0.469 e. The molecule has 0 spiro atoms. The molecule has 4 aliphatic rings. The highest BCUT2D eigenvalue weighted by atomic mass is 16.5. The van der Waals surface area contributed by atoms with E-state index >= 15 is 0 Å². The van der Waals surface area contributed by atoms with Crippen LogP contribution in [-0.4, -0.2) is 30.9 Å². The average molecular weight is 507 g/mol. The second-order valence-electron chi connectivity index (χ2n) is 12.6. The van der Waals surface area contributed by atoms with Gasteiger partial charge >= 0.3 is 11.9 Å². The van der Waals surface area contributed by atoms with Crippen molar-refractivity contribution in [1.29, 1.82) is 0 Å². The zero-order valence-electron chi connectivity index (χ0n) is 22.8. The first-order valence-corrected chi connectivity index (χ1v) is 14.2. The smallest absolute Gasteiger partial charge is 0.338 e. The number of ether oxygens (including phenoxy) is 2. The largest absolute Gasteiger partial charge is 0.469 e. The van der Waals surface area contributed by atoms with Crippen molar-refractivity contribution in [3.8, 4) is 0 Å². The van der Waals surface area contributed by atoms with Gasteiger partial charge in [-0.1, -0.05) is 44.5 Å². The van der Waals surface area contributed by atoms with E-state index in [2.05, 4.69) is 20.8 Å². The maximum atomic E-state index is 13.4. The number of methoxy groups -OCH3 is 1. The Hall–Kier alpha value is -2.43. The molecule has 200 valence electrons. The van der Waals surface area contributed by atoms with Crippen LogP contribution >= 0.6 is 0 Å². The molecule has 1 aromatic rings. The maximum Gasteiger partial charge on any atom is 0.338 e. The molecule has 0 aliphatic heterocycles. The third-order valence-corrected chi connectivity index (χ3v) is 11.1. The molecular formula is C32H42O5. The predicted octanol–water partition coefficient (Wildman–Crippen LogP) is 6.56. The Bertz CT molecular complexity index is 1080. The summed E-state index contributed by atoms with van der Waals surface area (Å²) in [5.41, 5.74) is 1.78. The third-order valence-electron chi connectivity index (χ3n) is 11.1. The number of allylic oxidation sites excluding steroid dienone is 1. The molecule has 5 nitrogen and oxygen atoms in total. The monoisotopic (exact) mass is 506 g/mol. The highest BCUT2D eigenvalue weighted by Crippen LogP contribution is 2.68. The van der Waals surface area contributed by atoms with Gasteiger partial charge in [-0.2, -0.15) is 0 Å². The number of fused-ring (bicyclic) bond motifs is 5. The van der Waals surface area contributed by atoms with E-state index in [1.165, 1.54) is 12.7 Å². The molecule has 0 bridgehead atoms. The van der Waals surface area contributed by atoms with Crippen molar-refractivity contribution in [3.63, 3.8) is 0 Å². The van der Waals surface area contributed by atoms with Crippen LogP contribution in [0.15, 0.2) is 42.0 Å². The van der Waals surface area contributed by atoms with Crippen molar-refractivity contribution in [1.82, 2.24) is 0 Å². The fourth-order valence-corrected chi connectivity index (χ4v) is 9.05. The summed E-state index contributed by atoms with van der Waals surface area (Å²) in [5, 5.41) is 0. The Morgan fingerprint density at radius 1 is 1.05 bits per heavy atom. The number of benzene rings is 1. The van der Waals surface area contributed by atoms with E-state index in [1.807, 2.05) is 36.4 Å². The number of hydrogen-bond donors (Lipinski definition) is 0. The lowest BCUT2D eigenvalue weighted by Gasteiger charge is -2.60. The average Bonchev–Trinajstić information content (AvgIpc) is 3.26. The van der Waals surface area contributed by atoms with Gasteiger partial charge in [0.2, 0.25) is 0 Å². The fraction of sp³-hybridized carbons (Fsp3) is 0.656. The summed E-state index contributed by atoms with van der Waals surface area (Å²) < 4.78 is 11.4. The molecule has 3 unspecified atom stereocenters. The molecule has 0 N–H and O–H groups in total. The summed E-state index contributed by atoms with van der Waals surface area (Å²) in [5.74, 6) is 2.04. The van der Waals surface area contributed by atoms with Gasteiger partial charge in [0.15, 0.2) is 5.78 Å². The summed E-state index contributed by atoms with van der Waals surface area (Å²) in [6.45, 7) is 7.01. The molecule has 37 heavy (non-hydrogen) atoms. The minimum atomic E-state index is -0.243. The molecule has 0 saturated heterocycles. The van der Waals surface area contributed by atoms with Gasteiger partial charge in [-0.3, -0.25) is 9.59 Å². The number of esters is 2. The summed E-state index contributed by atoms with van der Waals surface area (Å²) in [7, 11) is 1.45. The van der Waals surface area contributed by atoms with Gasteiger partial charge in [-0.05, 0) is 98.2 Å². The number of carbonyl (C=O) groups is 3. The molecule has 3 saturated carbocycles. The summed E-state index contributed by atoms with van der Waals surface area (Å²) in [6.07, 6.45) is 9.69. The molecule has 4 aliphatic carbocycles. The van der Waals surface area contributed by atoms with Crippen molar-refractivity contribution < 1.29 is 23.9 Å². The predicted molar refractivity (Wildman–Crippen MR) is 142 cm³/mol. The number of hydrogen-bond acceptors (Lipinski definition) is 5. The molecule has 0 heterocycles. The van der Waals surface area contributed by atoms with Crippen LogP contribution in [0.3, 0.4) is 0 Å². The highest BCUT2D eigenvalue weighted by Gasteiger charge is 2.64. The lowest BCUT2D eigenvalue weighted by Crippen LogP contribution is -2.58. The van der Waals surface area contributed by atoms with Gasteiger partial charge in [0.25, 0.3) is 0 Å². The first-order valence-electron chi connectivity index (χ1n) is 14.2. The molecule has 0 radical (unpaired) electrons. The van der Waals surface area contributed by atoms with Crippen molar-refractivity contribution in [2.45, 2.75) is 84.7 Å². The SMILES string of the molecule is COC(=O)CC[C@@H](C)[C@H]1CCC2C3CCC4=CC(=O)CC[C@]4(C)C3C[C@H](OC(=O)c3ccccc3)[C@@]21C. The second kappa shape index (κ2) is 10.0. The third kappa shape index (κ3) is 4.46. The van der Waals surface area contributed by atoms with Crippen molar-refractivity contribution >= 4 is 17.7 Å². The van der Waals surface area contributed by atoms with E-state index in [4.69, 9.17) is 9.47 Å².